The van der Waals surface area contributed by atoms with Crippen LogP contribution in [0.1, 0.15) is 20.3 Å². The summed E-state index contributed by atoms with van der Waals surface area (Å²) in [6.45, 7) is 2.81. The number of carbonyl (C=O) groups is 2. The van der Waals surface area contributed by atoms with E-state index in [4.69, 9.17) is 19.9 Å². The van der Waals surface area contributed by atoms with E-state index in [1.54, 1.807) is 24.8 Å². The Balaban J connectivity index is 0.000000131. The van der Waals surface area contributed by atoms with Gasteiger partial charge < -0.3 is 28.2 Å². The fraction of sp³-hybridized carbons (Fsp3) is 0.0353. The largest absolute Gasteiger partial charge is 3.00 e. The summed E-state index contributed by atoms with van der Waals surface area (Å²) >= 11 is 0. The van der Waals surface area contributed by atoms with E-state index in [2.05, 4.69) is 285 Å². The van der Waals surface area contributed by atoms with Crippen LogP contribution in [0.4, 0.5) is 0 Å². The minimum Gasteiger partial charge on any atom is -0.351 e. The number of Topliss-reactive ketones (excluding diaryl/α,β-unsaturated/α-hetero) is 2. The van der Waals surface area contributed by atoms with Crippen molar-refractivity contribution in [2.45, 2.75) is 20.3 Å². The van der Waals surface area contributed by atoms with Crippen LogP contribution >= 0.6 is 0 Å². The molecule has 96 heavy (non-hydrogen) atoms. The summed E-state index contributed by atoms with van der Waals surface area (Å²) in [5.74, 6) is -0.125. The molecule has 0 saturated carbocycles. The van der Waals surface area contributed by atoms with Crippen molar-refractivity contribution in [1.82, 2.24) is 38.2 Å². The molecule has 6 heterocycles. The van der Waals surface area contributed by atoms with Gasteiger partial charge in [-0.1, -0.05) is 168 Å². The Bertz CT molecular complexity index is 5620. The Morgan fingerprint density at radius 1 is 0.281 bits per heavy atom. The summed E-state index contributed by atoms with van der Waals surface area (Å²) in [6.07, 6.45) is 7.19. The van der Waals surface area contributed by atoms with Crippen LogP contribution < -0.4 is 0 Å². The smallest absolute Gasteiger partial charge is 0.351 e. The molecule has 20 aromatic rings. The maximum Gasteiger partial charge on any atom is 3.00 e. The third-order valence-corrected chi connectivity index (χ3v) is 18.7. The van der Waals surface area contributed by atoms with Crippen LogP contribution in [0.15, 0.2) is 280 Å². The van der Waals surface area contributed by atoms with Gasteiger partial charge in [-0.3, -0.25) is 19.6 Å². The quantitative estimate of drug-likeness (QED) is 0.0933. The van der Waals surface area contributed by atoms with Crippen LogP contribution in [-0.2, 0) is 29.7 Å². The van der Waals surface area contributed by atoms with Gasteiger partial charge in [-0.05, 0) is 120 Å². The number of benzene rings is 14. The average molecular weight is 1410 g/mol. The SMILES string of the molecule is CC(=O)CC(C)=O.[Ir+3].[c-]1cc(-n2c3ccccc3c3ccccc32)cc2c1c1nccnc1c1ccc(-n3c4ccccc4c4ccccc43)cc21.[c-]1cc(-n2c3ccccc3c3ccccc32)cc2c1c1nccnc1c1ccc(-n3c4ccccc4c4ccccc43)cc21. The van der Waals surface area contributed by atoms with E-state index in [0.29, 0.717) is 0 Å². The zero-order valence-electron chi connectivity index (χ0n) is 52.0. The molecule has 0 aliphatic rings. The van der Waals surface area contributed by atoms with E-state index in [9.17, 15) is 9.59 Å². The Hall–Kier alpha value is -12.0. The summed E-state index contributed by atoms with van der Waals surface area (Å²) in [4.78, 5) is 39.3. The van der Waals surface area contributed by atoms with Crippen LogP contribution in [0, 0.1) is 12.1 Å². The van der Waals surface area contributed by atoms with Gasteiger partial charge in [0.1, 0.15) is 11.6 Å². The normalized spacial score (nSPS) is 11.7. The topological polar surface area (TPSA) is 105 Å². The van der Waals surface area contributed by atoms with Crippen LogP contribution in [-0.4, -0.2) is 49.8 Å². The number of rotatable bonds is 6. The third kappa shape index (κ3) is 9.18. The predicted octanol–water partition coefficient (Wildman–Crippen LogP) is 20.4. The van der Waals surface area contributed by atoms with Crippen molar-refractivity contribution in [3.05, 3.63) is 292 Å². The van der Waals surface area contributed by atoms with Crippen LogP contribution in [0.25, 0.3) is 175 Å². The van der Waals surface area contributed by atoms with Crippen molar-refractivity contribution < 1.29 is 29.7 Å². The summed E-state index contributed by atoms with van der Waals surface area (Å²) in [6, 6.07) is 98.6. The first-order valence-corrected chi connectivity index (χ1v) is 31.8. The van der Waals surface area contributed by atoms with E-state index >= 15 is 0 Å². The van der Waals surface area contributed by atoms with E-state index < -0.39 is 0 Å². The standard InChI is InChI=1S/2C40H23N4.C5H8O2.Ir/c2*1-5-13-35-27(9-1)28-10-2-6-14-36(28)43(35)25-17-19-31-33(23-25)34-24-26(18-20-32(34)40-39(31)41-21-22-42-40)44-37-15-7-3-11-29(37)30-12-4-8-16-38(30)44;1-4(6)3-5(2)7;/h2*1-19,21-24H;3H2,1-2H3;/q2*-1;;+3. The average Bonchev–Trinajstić information content (AvgIpc) is 0.905. The fourth-order valence-electron chi connectivity index (χ4n) is 14.8. The van der Waals surface area contributed by atoms with Gasteiger partial charge in [-0.2, -0.15) is 0 Å². The molecule has 0 aliphatic carbocycles. The fourth-order valence-corrected chi connectivity index (χ4v) is 14.8. The molecule has 0 fully saturated rings. The van der Waals surface area contributed by atoms with Gasteiger partial charge in [0.25, 0.3) is 0 Å². The molecule has 6 aromatic heterocycles. The Morgan fingerprint density at radius 3 is 0.781 bits per heavy atom. The van der Waals surface area contributed by atoms with E-state index in [1.807, 2.05) is 0 Å². The molecule has 0 atom stereocenters. The molecule has 0 amide bonds. The molecule has 20 rings (SSSR count). The van der Waals surface area contributed by atoms with Gasteiger partial charge in [0.15, 0.2) is 0 Å². The van der Waals surface area contributed by atoms with Gasteiger partial charge in [-0.25, -0.2) is 0 Å². The van der Waals surface area contributed by atoms with Gasteiger partial charge in [0.2, 0.25) is 0 Å². The van der Waals surface area contributed by atoms with Crippen LogP contribution in [0.2, 0.25) is 0 Å². The van der Waals surface area contributed by atoms with Crippen LogP contribution in [0.5, 0.6) is 0 Å². The molecule has 454 valence electrons. The number of ketones is 2. The first-order chi connectivity index (χ1) is 46.8. The van der Waals surface area contributed by atoms with Crippen molar-refractivity contribution in [2.75, 3.05) is 0 Å². The molecular formula is C85H54IrN8O2+. The first kappa shape index (κ1) is 57.9. The minimum atomic E-state index is -0.0625. The number of nitrogens with zero attached hydrogens (tertiary/aromatic N) is 8. The number of para-hydroxylation sites is 8. The maximum atomic E-state index is 10.0. The molecule has 0 aliphatic heterocycles. The number of hydrogen-bond acceptors (Lipinski definition) is 6. The van der Waals surface area contributed by atoms with Crippen molar-refractivity contribution in [3.63, 3.8) is 0 Å². The first-order valence-electron chi connectivity index (χ1n) is 31.8. The molecule has 11 heteroatoms. The van der Waals surface area contributed by atoms with Crippen molar-refractivity contribution >= 4 is 164 Å². The number of carbonyl (C=O) groups excluding carboxylic acids is 2. The Labute approximate surface area is 562 Å². The van der Waals surface area contributed by atoms with Crippen molar-refractivity contribution in [2.24, 2.45) is 0 Å². The zero-order valence-corrected chi connectivity index (χ0v) is 54.4. The van der Waals surface area contributed by atoms with E-state index in [-0.39, 0.29) is 38.1 Å². The molecule has 0 unspecified atom stereocenters. The van der Waals surface area contributed by atoms with Gasteiger partial charge in [0.05, 0.1) is 39.5 Å². The zero-order chi connectivity index (χ0) is 63.4. The Kier molecular flexibility index (Phi) is 14.0. The monoisotopic (exact) mass is 1410 g/mol. The second-order valence-electron chi connectivity index (χ2n) is 24.3. The third-order valence-electron chi connectivity index (χ3n) is 18.7. The summed E-state index contributed by atoms with van der Waals surface area (Å²) < 4.78 is 9.45. The van der Waals surface area contributed by atoms with Crippen molar-refractivity contribution in [3.8, 4) is 22.7 Å². The predicted molar refractivity (Wildman–Crippen MR) is 390 cm³/mol. The molecular weight excluding hydrogens is 1360 g/mol. The molecule has 0 radical (unpaired) electrons. The van der Waals surface area contributed by atoms with Crippen LogP contribution in [0.3, 0.4) is 0 Å². The molecule has 0 spiro atoms. The molecule has 0 saturated heterocycles. The second kappa shape index (κ2) is 23.2. The summed E-state index contributed by atoms with van der Waals surface area (Å²) in [5.41, 5.74) is 17.4. The molecule has 0 bridgehead atoms. The van der Waals surface area contributed by atoms with Crippen molar-refractivity contribution in [1.29, 1.82) is 0 Å². The minimum absolute atomic E-state index is 0. The second-order valence-corrected chi connectivity index (χ2v) is 24.3. The van der Waals surface area contributed by atoms with Gasteiger partial charge in [0, 0.05) is 112 Å². The Morgan fingerprint density at radius 2 is 0.521 bits per heavy atom. The van der Waals surface area contributed by atoms with Gasteiger partial charge in [-0.15, -0.1) is 47.2 Å². The van der Waals surface area contributed by atoms with Gasteiger partial charge >= 0.3 is 20.1 Å². The molecule has 0 N–H and O–H groups in total. The van der Waals surface area contributed by atoms with E-state index in [0.717, 1.165) is 87.9 Å². The molecule has 10 nitrogen and oxygen atoms in total. The summed E-state index contributed by atoms with van der Waals surface area (Å²) in [5, 5.41) is 18.6. The molecule has 14 aromatic carbocycles. The van der Waals surface area contributed by atoms with E-state index in [1.165, 1.54) is 101 Å². The number of hydrogen-bond donors (Lipinski definition) is 0. The maximum absolute atomic E-state index is 10.0. The summed E-state index contributed by atoms with van der Waals surface area (Å²) in [7, 11) is 0. The number of aromatic nitrogens is 8. The number of fused-ring (bicyclic) bond motifs is 24.